The van der Waals surface area contributed by atoms with Crippen LogP contribution >= 0.6 is 11.8 Å². The lowest BCUT2D eigenvalue weighted by atomic mass is 10.0. The highest BCUT2D eigenvalue weighted by atomic mass is 32.2. The third kappa shape index (κ3) is 1.59. The summed E-state index contributed by atoms with van der Waals surface area (Å²) in [5, 5.41) is 11.0. The molecule has 2 aromatic carbocycles. The minimum absolute atomic E-state index is 0.344. The van der Waals surface area contributed by atoms with Crippen LogP contribution in [0.15, 0.2) is 47.4 Å². The van der Waals surface area contributed by atoms with Gasteiger partial charge in [-0.1, -0.05) is 18.2 Å². The number of hydrogen-bond acceptors (Lipinski definition) is 2. The van der Waals surface area contributed by atoms with Crippen molar-refractivity contribution in [2.45, 2.75) is 11.3 Å². The number of benzene rings is 2. The Morgan fingerprint density at radius 2 is 2.00 bits per heavy atom. The minimum Gasteiger partial charge on any atom is -0.508 e. The Morgan fingerprint density at radius 1 is 1.15 bits per heavy atom. The van der Waals surface area contributed by atoms with Crippen LogP contribution in [0.4, 0.5) is 0 Å². The Bertz CT molecular complexity index is 819. The molecule has 100 valence electrons. The quantitative estimate of drug-likeness (QED) is 0.668. The van der Waals surface area contributed by atoms with Gasteiger partial charge in [0.1, 0.15) is 5.75 Å². The molecule has 4 rings (SSSR count). The number of aromatic nitrogens is 1. The number of thioether (sulfide) groups is 1. The lowest BCUT2D eigenvalue weighted by molar-refractivity contribution is 0.476. The molecule has 0 aliphatic carbocycles. The average Bonchev–Trinajstić information content (AvgIpc) is 2.62. The second kappa shape index (κ2) is 4.32. The van der Waals surface area contributed by atoms with Gasteiger partial charge in [-0.05, 0) is 36.2 Å². The van der Waals surface area contributed by atoms with E-state index < -0.39 is 0 Å². The van der Waals surface area contributed by atoms with Crippen LogP contribution in [0.5, 0.6) is 5.75 Å². The zero-order valence-corrected chi connectivity index (χ0v) is 12.1. The van der Waals surface area contributed by atoms with Gasteiger partial charge in [-0.15, -0.1) is 11.8 Å². The molecule has 3 heteroatoms. The van der Waals surface area contributed by atoms with E-state index in [4.69, 9.17) is 0 Å². The van der Waals surface area contributed by atoms with Crippen LogP contribution in [-0.2, 0) is 13.5 Å². The number of hydrogen-bond donors (Lipinski definition) is 1. The van der Waals surface area contributed by atoms with E-state index in [-0.39, 0.29) is 0 Å². The van der Waals surface area contributed by atoms with Crippen molar-refractivity contribution in [3.8, 4) is 17.0 Å². The molecule has 2 nitrogen and oxygen atoms in total. The lowest BCUT2D eigenvalue weighted by Crippen LogP contribution is -1.93. The predicted molar refractivity (Wildman–Crippen MR) is 84.4 cm³/mol. The van der Waals surface area contributed by atoms with Gasteiger partial charge in [-0.25, -0.2) is 0 Å². The molecule has 0 bridgehead atoms. The van der Waals surface area contributed by atoms with Crippen molar-refractivity contribution in [2.24, 2.45) is 7.05 Å². The van der Waals surface area contributed by atoms with Crippen molar-refractivity contribution < 1.29 is 5.11 Å². The van der Waals surface area contributed by atoms with E-state index in [1.165, 1.54) is 32.6 Å². The maximum atomic E-state index is 9.79. The molecular formula is C17H15NOS. The molecule has 1 aliphatic heterocycles. The fourth-order valence-corrected chi connectivity index (χ4v) is 4.18. The smallest absolute Gasteiger partial charge is 0.116 e. The Morgan fingerprint density at radius 3 is 2.90 bits per heavy atom. The van der Waals surface area contributed by atoms with E-state index in [0.29, 0.717) is 5.75 Å². The molecule has 1 aliphatic rings. The van der Waals surface area contributed by atoms with Crippen LogP contribution < -0.4 is 0 Å². The first-order valence-corrected chi connectivity index (χ1v) is 7.77. The third-order valence-electron chi connectivity index (χ3n) is 4.04. The zero-order valence-electron chi connectivity index (χ0n) is 11.3. The maximum absolute atomic E-state index is 9.79. The first kappa shape index (κ1) is 11.9. The summed E-state index contributed by atoms with van der Waals surface area (Å²) < 4.78 is 2.26. The van der Waals surface area contributed by atoms with Crippen LogP contribution in [0.3, 0.4) is 0 Å². The van der Waals surface area contributed by atoms with Crippen molar-refractivity contribution in [3.63, 3.8) is 0 Å². The molecule has 0 saturated heterocycles. The fraction of sp³-hybridized carbons (Fsp3) is 0.176. The predicted octanol–water partition coefficient (Wildman–Crippen LogP) is 4.20. The zero-order chi connectivity index (χ0) is 13.7. The Balaban J connectivity index is 2.14. The van der Waals surface area contributed by atoms with Gasteiger partial charge in [0.05, 0.1) is 5.69 Å². The molecule has 0 radical (unpaired) electrons. The van der Waals surface area contributed by atoms with Gasteiger partial charge in [-0.3, -0.25) is 0 Å². The number of aryl methyl sites for hydroxylation is 2. The molecular weight excluding hydrogens is 266 g/mol. The van der Waals surface area contributed by atoms with Crippen LogP contribution in [0.2, 0.25) is 0 Å². The summed E-state index contributed by atoms with van der Waals surface area (Å²) in [6, 6.07) is 14.3. The summed E-state index contributed by atoms with van der Waals surface area (Å²) in [6.45, 7) is 0. The Kier molecular flexibility index (Phi) is 2.57. The van der Waals surface area contributed by atoms with Crippen LogP contribution in [0, 0.1) is 0 Å². The molecule has 0 spiro atoms. The Hall–Kier alpha value is -1.87. The second-order valence-electron chi connectivity index (χ2n) is 5.18. The van der Waals surface area contributed by atoms with Gasteiger partial charge in [0.25, 0.3) is 0 Å². The Labute approximate surface area is 122 Å². The SMILES string of the molecule is Cn1c2c(c3cc(O)ccc31)CCSc1ccccc1-2. The average molecular weight is 281 g/mol. The van der Waals surface area contributed by atoms with Crippen molar-refractivity contribution in [1.82, 2.24) is 4.57 Å². The first-order valence-electron chi connectivity index (χ1n) is 6.78. The second-order valence-corrected chi connectivity index (χ2v) is 6.32. The highest BCUT2D eigenvalue weighted by Crippen LogP contribution is 2.42. The summed E-state index contributed by atoms with van der Waals surface area (Å²) in [5.41, 5.74) is 5.15. The van der Waals surface area contributed by atoms with Crippen LogP contribution in [0.1, 0.15) is 5.56 Å². The van der Waals surface area contributed by atoms with E-state index in [1.54, 1.807) is 6.07 Å². The van der Waals surface area contributed by atoms with Gasteiger partial charge >= 0.3 is 0 Å². The number of phenolic OH excluding ortho intramolecular Hbond substituents is 1. The molecule has 20 heavy (non-hydrogen) atoms. The highest BCUT2D eigenvalue weighted by Gasteiger charge is 2.21. The monoisotopic (exact) mass is 281 g/mol. The first-order chi connectivity index (χ1) is 9.75. The normalized spacial score (nSPS) is 13.8. The van der Waals surface area contributed by atoms with Gasteiger partial charge in [0.15, 0.2) is 0 Å². The minimum atomic E-state index is 0.344. The number of aromatic hydroxyl groups is 1. The van der Waals surface area contributed by atoms with E-state index in [0.717, 1.165) is 12.2 Å². The number of phenols is 1. The number of fused-ring (bicyclic) bond motifs is 5. The fourth-order valence-electron chi connectivity index (χ4n) is 3.16. The van der Waals surface area contributed by atoms with Crippen molar-refractivity contribution in [3.05, 3.63) is 48.0 Å². The van der Waals surface area contributed by atoms with Crippen LogP contribution in [-0.4, -0.2) is 15.4 Å². The van der Waals surface area contributed by atoms with Crippen LogP contribution in [0.25, 0.3) is 22.2 Å². The molecule has 0 unspecified atom stereocenters. The molecule has 0 amide bonds. The summed E-state index contributed by atoms with van der Waals surface area (Å²) in [7, 11) is 2.12. The van der Waals surface area contributed by atoms with E-state index >= 15 is 0 Å². The number of nitrogens with zero attached hydrogens (tertiary/aromatic N) is 1. The molecule has 0 fully saturated rings. The largest absolute Gasteiger partial charge is 0.508 e. The van der Waals surface area contributed by atoms with Crippen molar-refractivity contribution >= 4 is 22.7 Å². The van der Waals surface area contributed by atoms with Crippen molar-refractivity contribution in [1.29, 1.82) is 0 Å². The maximum Gasteiger partial charge on any atom is 0.116 e. The standard InChI is InChI=1S/C17H15NOS/c1-18-15-7-6-11(19)10-14(15)12-8-9-20-16-5-3-2-4-13(16)17(12)18/h2-7,10,19H,8-9H2,1H3. The summed E-state index contributed by atoms with van der Waals surface area (Å²) >= 11 is 1.92. The van der Waals surface area contributed by atoms with E-state index in [1.807, 2.05) is 23.9 Å². The molecule has 1 aromatic heterocycles. The van der Waals surface area contributed by atoms with Gasteiger partial charge in [-0.2, -0.15) is 0 Å². The summed E-state index contributed by atoms with van der Waals surface area (Å²) in [5.74, 6) is 1.43. The highest BCUT2D eigenvalue weighted by molar-refractivity contribution is 7.99. The van der Waals surface area contributed by atoms with E-state index in [2.05, 4.69) is 35.9 Å². The van der Waals surface area contributed by atoms with Gasteiger partial charge < -0.3 is 9.67 Å². The topological polar surface area (TPSA) is 25.2 Å². The summed E-state index contributed by atoms with van der Waals surface area (Å²) in [6.07, 6.45) is 1.04. The molecule has 0 saturated carbocycles. The van der Waals surface area contributed by atoms with Crippen molar-refractivity contribution in [2.75, 3.05) is 5.75 Å². The summed E-state index contributed by atoms with van der Waals surface area (Å²) in [4.78, 5) is 1.35. The number of rotatable bonds is 0. The van der Waals surface area contributed by atoms with E-state index in [9.17, 15) is 5.11 Å². The molecule has 1 N–H and O–H groups in total. The molecule has 3 aromatic rings. The third-order valence-corrected chi connectivity index (χ3v) is 5.11. The molecule has 2 heterocycles. The lowest BCUT2D eigenvalue weighted by Gasteiger charge is -2.08. The van der Waals surface area contributed by atoms with Gasteiger partial charge in [0, 0.05) is 34.2 Å². The van der Waals surface area contributed by atoms with Gasteiger partial charge in [0.2, 0.25) is 0 Å². The molecule has 0 atom stereocenters.